The van der Waals surface area contributed by atoms with Crippen LogP contribution in [0, 0.1) is 23.7 Å². The van der Waals surface area contributed by atoms with Crippen molar-refractivity contribution in [3.8, 4) is 5.75 Å². The average molecular weight is 805 g/mol. The Labute approximate surface area is 327 Å². The lowest BCUT2D eigenvalue weighted by atomic mass is 9.90. The molecular formula is C39H53ClN4O8S2. The van der Waals surface area contributed by atoms with E-state index >= 15 is 0 Å². The first kappa shape index (κ1) is 39.7. The van der Waals surface area contributed by atoms with Crippen LogP contribution in [0.25, 0.3) is 10.2 Å². The molecule has 3 N–H and O–H groups in total. The van der Waals surface area contributed by atoms with Gasteiger partial charge in [0.25, 0.3) is 0 Å². The second kappa shape index (κ2) is 17.3. The number of carbonyl (C=O) groups is 1. The SMILES string of the molecule is COc1cc(C[C@H](CC(=O)O[C@H]2CO[C@H]3OC[C@H](NCC4CCCC4)[C@H]32)[C@H](O)CN(CC(C)C)S(=O)(=O)c2ccc3nc(NC4CC4)sc3c2)ccc1Cl. The van der Waals surface area contributed by atoms with Gasteiger partial charge in [-0.3, -0.25) is 4.79 Å². The maximum absolute atomic E-state index is 14.3. The Morgan fingerprint density at radius 1 is 1.09 bits per heavy atom. The first-order valence-corrected chi connectivity index (χ1v) is 21.9. The summed E-state index contributed by atoms with van der Waals surface area (Å²) in [4.78, 5) is 18.5. The van der Waals surface area contributed by atoms with Crippen molar-refractivity contribution in [3.63, 3.8) is 0 Å². The number of aliphatic hydroxyl groups is 1. The van der Waals surface area contributed by atoms with Crippen molar-refractivity contribution in [2.45, 2.75) is 101 Å². The summed E-state index contributed by atoms with van der Waals surface area (Å²) >= 11 is 7.76. The zero-order valence-corrected chi connectivity index (χ0v) is 33.6. The zero-order chi connectivity index (χ0) is 38.0. The van der Waals surface area contributed by atoms with Crippen LogP contribution in [0.15, 0.2) is 41.3 Å². The first-order valence-electron chi connectivity index (χ1n) is 19.3. The van der Waals surface area contributed by atoms with Gasteiger partial charge in [-0.1, -0.05) is 55.7 Å². The molecule has 0 bridgehead atoms. The molecule has 6 atom stereocenters. The third kappa shape index (κ3) is 9.51. The van der Waals surface area contributed by atoms with Crippen molar-refractivity contribution >= 4 is 54.3 Å². The summed E-state index contributed by atoms with van der Waals surface area (Å²) in [5.41, 5.74) is 1.51. The molecule has 7 rings (SSSR count). The van der Waals surface area contributed by atoms with Crippen LogP contribution in [0.4, 0.5) is 5.13 Å². The van der Waals surface area contributed by atoms with E-state index in [1.54, 1.807) is 30.3 Å². The van der Waals surface area contributed by atoms with E-state index in [2.05, 4.69) is 15.6 Å². The van der Waals surface area contributed by atoms with E-state index < -0.39 is 40.4 Å². The number of aromatic nitrogens is 1. The normalized spacial score (nSPS) is 24.4. The Hall–Kier alpha value is -2.56. The highest BCUT2D eigenvalue weighted by Crippen LogP contribution is 2.36. The predicted molar refractivity (Wildman–Crippen MR) is 208 cm³/mol. The number of methoxy groups -OCH3 is 1. The van der Waals surface area contributed by atoms with Crippen molar-refractivity contribution in [1.82, 2.24) is 14.6 Å². The molecule has 12 nitrogen and oxygen atoms in total. The molecule has 0 radical (unpaired) electrons. The number of halogens is 1. The summed E-state index contributed by atoms with van der Waals surface area (Å²) < 4.78 is 54.1. The Balaban J connectivity index is 1.08. The van der Waals surface area contributed by atoms with Crippen LogP contribution < -0.4 is 15.4 Å². The first-order chi connectivity index (χ1) is 26.0. The predicted octanol–water partition coefficient (Wildman–Crippen LogP) is 5.85. The van der Waals surface area contributed by atoms with Gasteiger partial charge in [0.05, 0.1) is 58.9 Å². The highest BCUT2D eigenvalue weighted by molar-refractivity contribution is 7.89. The molecule has 296 valence electrons. The Morgan fingerprint density at radius 3 is 2.61 bits per heavy atom. The second-order valence-corrected chi connectivity index (χ2v) is 19.2. The topological polar surface area (TPSA) is 149 Å². The Kier molecular flexibility index (Phi) is 12.7. The van der Waals surface area contributed by atoms with Gasteiger partial charge in [0.1, 0.15) is 11.9 Å². The Morgan fingerprint density at radius 2 is 1.87 bits per heavy atom. The minimum Gasteiger partial charge on any atom is -0.495 e. The minimum absolute atomic E-state index is 0.0128. The third-order valence-electron chi connectivity index (χ3n) is 11.0. The molecule has 2 aliphatic carbocycles. The smallest absolute Gasteiger partial charge is 0.306 e. The molecule has 2 saturated carbocycles. The van der Waals surface area contributed by atoms with Crippen molar-refractivity contribution in [1.29, 1.82) is 0 Å². The van der Waals surface area contributed by atoms with Crippen molar-refractivity contribution in [3.05, 3.63) is 47.0 Å². The number of esters is 1. The number of nitrogens with one attached hydrogen (secondary N) is 2. The summed E-state index contributed by atoms with van der Waals surface area (Å²) in [6.45, 7) is 5.46. The molecule has 4 fully saturated rings. The van der Waals surface area contributed by atoms with Crippen LogP contribution in [0.3, 0.4) is 0 Å². The lowest BCUT2D eigenvalue weighted by Crippen LogP contribution is -2.45. The van der Waals surface area contributed by atoms with Crippen LogP contribution in [0.2, 0.25) is 5.02 Å². The van der Waals surface area contributed by atoms with Gasteiger partial charge in [-0.2, -0.15) is 4.31 Å². The number of carbonyl (C=O) groups excluding carboxylic acids is 1. The highest BCUT2D eigenvalue weighted by atomic mass is 35.5. The fourth-order valence-electron chi connectivity index (χ4n) is 7.97. The van der Waals surface area contributed by atoms with Gasteiger partial charge in [0.15, 0.2) is 11.4 Å². The molecule has 15 heteroatoms. The van der Waals surface area contributed by atoms with Gasteiger partial charge in [0, 0.05) is 31.1 Å². The van der Waals surface area contributed by atoms with Gasteiger partial charge in [0.2, 0.25) is 10.0 Å². The van der Waals surface area contributed by atoms with E-state index in [1.165, 1.54) is 48.4 Å². The standard InChI is InChI=1S/C39H53ClN4O8S2/c1-23(2)19-44(54(47,48)28-11-13-30-35(17-28)53-39(43-30)42-27-9-10-27)20-32(45)26(14-25-8-12-29(40)33(15-25)49-3)16-36(46)52-34-22-51-38-37(34)31(21-50-38)41-18-24-6-4-5-7-24/h8,11-13,15,17,23-24,26-27,31-32,34,37-38,41,45H,4-7,9-10,14,16,18-22H2,1-3H3,(H,42,43)/t26-,31+,32-,34+,37+,38-/m1/s1. The lowest BCUT2D eigenvalue weighted by molar-refractivity contribution is -0.153. The Bertz CT molecular complexity index is 1870. The highest BCUT2D eigenvalue weighted by Gasteiger charge is 2.50. The van der Waals surface area contributed by atoms with E-state index in [0.717, 1.165) is 40.3 Å². The van der Waals surface area contributed by atoms with Crippen LogP contribution in [-0.4, -0.2) is 99.3 Å². The number of thiazole rings is 1. The number of hydrogen-bond donors (Lipinski definition) is 3. The van der Waals surface area contributed by atoms with Gasteiger partial charge in [-0.25, -0.2) is 13.4 Å². The number of anilines is 1. The van der Waals surface area contributed by atoms with Gasteiger partial charge in [-0.15, -0.1) is 0 Å². The lowest BCUT2D eigenvalue weighted by Gasteiger charge is -2.30. The molecule has 3 aromatic rings. The number of hydrogen-bond acceptors (Lipinski definition) is 12. The number of aliphatic hydroxyl groups excluding tert-OH is 1. The molecule has 2 saturated heterocycles. The fraction of sp³-hybridized carbons (Fsp3) is 0.641. The van der Waals surface area contributed by atoms with Crippen LogP contribution in [0.1, 0.15) is 64.4 Å². The van der Waals surface area contributed by atoms with Gasteiger partial charge in [-0.05, 0) is 86.4 Å². The molecule has 2 aliphatic heterocycles. The second-order valence-electron chi connectivity index (χ2n) is 15.8. The number of benzene rings is 2. The largest absolute Gasteiger partial charge is 0.495 e. The van der Waals surface area contributed by atoms with Crippen LogP contribution in [0.5, 0.6) is 5.75 Å². The molecular weight excluding hydrogens is 752 g/mol. The summed E-state index contributed by atoms with van der Waals surface area (Å²) in [7, 11) is -2.52. The number of rotatable bonds is 18. The minimum atomic E-state index is -4.04. The van der Waals surface area contributed by atoms with E-state index in [9.17, 15) is 18.3 Å². The number of nitrogens with zero attached hydrogens (tertiary/aromatic N) is 2. The fourth-order valence-corrected chi connectivity index (χ4v) is 10.9. The third-order valence-corrected chi connectivity index (χ3v) is 14.1. The van der Waals surface area contributed by atoms with E-state index in [1.807, 2.05) is 19.9 Å². The molecule has 54 heavy (non-hydrogen) atoms. The molecule has 4 aliphatic rings. The molecule has 0 spiro atoms. The van der Waals surface area contributed by atoms with Crippen molar-refractivity contribution in [2.24, 2.45) is 23.7 Å². The molecule has 3 heterocycles. The van der Waals surface area contributed by atoms with Crippen molar-refractivity contribution < 1.29 is 37.3 Å². The molecule has 2 aromatic carbocycles. The summed E-state index contributed by atoms with van der Waals surface area (Å²) in [6.07, 6.45) is 5.16. The van der Waals surface area contributed by atoms with Gasteiger partial charge >= 0.3 is 5.97 Å². The average Bonchev–Trinajstić information content (AvgIpc) is 3.51. The van der Waals surface area contributed by atoms with Gasteiger partial charge < -0.3 is 34.7 Å². The monoisotopic (exact) mass is 804 g/mol. The zero-order valence-electron chi connectivity index (χ0n) is 31.2. The molecule has 0 unspecified atom stereocenters. The van der Waals surface area contributed by atoms with Crippen LogP contribution in [-0.2, 0) is 35.4 Å². The number of sulfonamides is 1. The molecule has 1 aromatic heterocycles. The molecule has 0 amide bonds. The number of fused-ring (bicyclic) bond motifs is 2. The van der Waals surface area contributed by atoms with E-state index in [0.29, 0.717) is 29.3 Å². The summed E-state index contributed by atoms with van der Waals surface area (Å²) in [6, 6.07) is 10.7. The maximum atomic E-state index is 14.3. The van der Waals surface area contributed by atoms with Crippen LogP contribution >= 0.6 is 22.9 Å². The summed E-state index contributed by atoms with van der Waals surface area (Å²) in [5, 5.41) is 20.2. The maximum Gasteiger partial charge on any atom is 0.306 e. The summed E-state index contributed by atoms with van der Waals surface area (Å²) in [5.74, 6) is -0.228. The van der Waals surface area contributed by atoms with E-state index in [4.69, 9.17) is 30.5 Å². The van der Waals surface area contributed by atoms with E-state index in [-0.39, 0.29) is 55.3 Å². The quantitative estimate of drug-likeness (QED) is 0.133. The van der Waals surface area contributed by atoms with Crippen molar-refractivity contribution in [2.75, 3.05) is 45.3 Å². The number of ether oxygens (including phenoxy) is 4.